The highest BCUT2D eigenvalue weighted by atomic mass is 16.5. The minimum atomic E-state index is 0.0181. The van der Waals surface area contributed by atoms with Crippen molar-refractivity contribution in [2.45, 2.75) is 31.8 Å². The van der Waals surface area contributed by atoms with Crippen molar-refractivity contribution in [3.63, 3.8) is 0 Å². The number of aromatic nitrogens is 1. The van der Waals surface area contributed by atoms with Gasteiger partial charge in [0.05, 0.1) is 11.6 Å². The van der Waals surface area contributed by atoms with Crippen LogP contribution in [0.1, 0.15) is 25.7 Å². The average Bonchev–Trinajstić information content (AvgIpc) is 3.59. The highest BCUT2D eigenvalue weighted by molar-refractivity contribution is 5.90. The molecule has 1 aliphatic carbocycles. The van der Waals surface area contributed by atoms with E-state index in [4.69, 9.17) is 4.74 Å². The van der Waals surface area contributed by atoms with E-state index >= 15 is 0 Å². The van der Waals surface area contributed by atoms with Gasteiger partial charge in [-0.25, -0.2) is 0 Å². The molecule has 30 heavy (non-hydrogen) atoms. The Bertz CT molecular complexity index is 871. The van der Waals surface area contributed by atoms with Gasteiger partial charge < -0.3 is 19.9 Å². The van der Waals surface area contributed by atoms with Gasteiger partial charge in [0.1, 0.15) is 6.61 Å². The summed E-state index contributed by atoms with van der Waals surface area (Å²) in [5.74, 6) is 1.73. The quantitative estimate of drug-likeness (QED) is 0.763. The van der Waals surface area contributed by atoms with Gasteiger partial charge in [0, 0.05) is 43.4 Å². The minimum absolute atomic E-state index is 0.0181. The lowest BCUT2D eigenvalue weighted by atomic mass is 9.95. The summed E-state index contributed by atoms with van der Waals surface area (Å²) in [6.07, 6.45) is 7.12. The zero-order valence-electron chi connectivity index (χ0n) is 17.6. The number of rotatable bonds is 7. The highest BCUT2D eigenvalue weighted by Gasteiger charge is 2.31. The summed E-state index contributed by atoms with van der Waals surface area (Å²) >= 11 is 0. The SMILES string of the molecule is O=C1CO[C@H](CNc2ccnc3ccccc23)CN1CC1CCN(CC2CC2)CC1. The van der Waals surface area contributed by atoms with Gasteiger partial charge in [0.2, 0.25) is 5.91 Å². The lowest BCUT2D eigenvalue weighted by Gasteiger charge is -2.38. The van der Waals surface area contributed by atoms with Crippen molar-refractivity contribution in [3.05, 3.63) is 36.5 Å². The summed E-state index contributed by atoms with van der Waals surface area (Å²) in [6.45, 7) is 6.13. The molecule has 0 unspecified atom stereocenters. The molecule has 1 N–H and O–H groups in total. The van der Waals surface area contributed by atoms with Gasteiger partial charge in [-0.1, -0.05) is 18.2 Å². The second-order valence-electron chi connectivity index (χ2n) is 9.18. The monoisotopic (exact) mass is 408 g/mol. The second-order valence-corrected chi connectivity index (χ2v) is 9.18. The molecule has 2 aromatic rings. The van der Waals surface area contributed by atoms with Crippen LogP contribution >= 0.6 is 0 Å². The molecule has 3 aliphatic rings. The van der Waals surface area contributed by atoms with Crippen molar-refractivity contribution >= 4 is 22.5 Å². The normalized spacial score (nSPS) is 23.8. The molecule has 0 spiro atoms. The number of nitrogens with zero attached hydrogens (tertiary/aromatic N) is 3. The number of pyridine rings is 1. The number of amides is 1. The van der Waals surface area contributed by atoms with Crippen molar-refractivity contribution < 1.29 is 9.53 Å². The van der Waals surface area contributed by atoms with Gasteiger partial charge in [-0.3, -0.25) is 9.78 Å². The van der Waals surface area contributed by atoms with Crippen LogP contribution in [-0.2, 0) is 9.53 Å². The zero-order valence-corrected chi connectivity index (χ0v) is 17.6. The predicted octanol–water partition coefficient (Wildman–Crippen LogP) is 3.00. The number of ether oxygens (including phenoxy) is 1. The molecule has 1 aromatic carbocycles. The van der Waals surface area contributed by atoms with Crippen molar-refractivity contribution in [2.75, 3.05) is 51.2 Å². The molecule has 6 heteroatoms. The van der Waals surface area contributed by atoms with Gasteiger partial charge in [-0.2, -0.15) is 0 Å². The van der Waals surface area contributed by atoms with Crippen LogP contribution in [0.15, 0.2) is 36.5 Å². The molecule has 2 saturated heterocycles. The fourth-order valence-corrected chi connectivity index (χ4v) is 4.78. The summed E-state index contributed by atoms with van der Waals surface area (Å²) < 4.78 is 5.83. The Labute approximate surface area is 178 Å². The number of anilines is 1. The molecule has 1 atom stereocenters. The van der Waals surface area contributed by atoms with Gasteiger partial charge in [-0.05, 0) is 62.7 Å². The zero-order chi connectivity index (χ0) is 20.3. The van der Waals surface area contributed by atoms with Crippen molar-refractivity contribution in [3.8, 4) is 0 Å². The first-order valence-corrected chi connectivity index (χ1v) is 11.4. The molecule has 5 rings (SSSR count). The van der Waals surface area contributed by atoms with E-state index in [9.17, 15) is 4.79 Å². The molecule has 1 amide bonds. The Balaban J connectivity index is 1.13. The molecule has 1 saturated carbocycles. The first kappa shape index (κ1) is 19.8. The van der Waals surface area contributed by atoms with Crippen LogP contribution in [0.2, 0.25) is 0 Å². The van der Waals surface area contributed by atoms with Crippen molar-refractivity contribution in [1.29, 1.82) is 0 Å². The Kier molecular flexibility index (Phi) is 5.86. The third-order valence-electron chi connectivity index (χ3n) is 6.79. The highest BCUT2D eigenvalue weighted by Crippen LogP contribution is 2.31. The third-order valence-corrected chi connectivity index (χ3v) is 6.79. The van der Waals surface area contributed by atoms with Crippen LogP contribution in [0.3, 0.4) is 0 Å². The van der Waals surface area contributed by atoms with E-state index in [1.807, 2.05) is 35.4 Å². The molecule has 1 aromatic heterocycles. The topological polar surface area (TPSA) is 57.7 Å². The van der Waals surface area contributed by atoms with E-state index in [0.29, 0.717) is 19.0 Å². The summed E-state index contributed by atoms with van der Waals surface area (Å²) in [5, 5.41) is 4.63. The van der Waals surface area contributed by atoms with E-state index < -0.39 is 0 Å². The van der Waals surface area contributed by atoms with Crippen LogP contribution in [0.25, 0.3) is 10.9 Å². The molecular formula is C24H32N4O2. The van der Waals surface area contributed by atoms with E-state index in [1.54, 1.807) is 0 Å². The fourth-order valence-electron chi connectivity index (χ4n) is 4.78. The number of benzene rings is 1. The molecule has 0 radical (unpaired) electrons. The molecule has 2 aliphatic heterocycles. The van der Waals surface area contributed by atoms with Gasteiger partial charge in [0.25, 0.3) is 0 Å². The van der Waals surface area contributed by atoms with Crippen LogP contribution < -0.4 is 5.32 Å². The molecular weight excluding hydrogens is 376 g/mol. The van der Waals surface area contributed by atoms with Gasteiger partial charge in [0.15, 0.2) is 0 Å². The van der Waals surface area contributed by atoms with Gasteiger partial charge >= 0.3 is 0 Å². The Hall–Kier alpha value is -2.18. The number of carbonyl (C=O) groups is 1. The number of hydrogen-bond donors (Lipinski definition) is 1. The minimum Gasteiger partial charge on any atom is -0.382 e. The number of nitrogens with one attached hydrogen (secondary N) is 1. The number of fused-ring (bicyclic) bond motifs is 1. The number of hydrogen-bond acceptors (Lipinski definition) is 5. The lowest BCUT2D eigenvalue weighted by molar-refractivity contribution is -0.149. The maximum absolute atomic E-state index is 12.4. The average molecular weight is 409 g/mol. The molecule has 0 bridgehead atoms. The Morgan fingerprint density at radius 3 is 2.67 bits per heavy atom. The number of carbonyl (C=O) groups excluding carboxylic acids is 1. The third kappa shape index (κ3) is 4.76. The summed E-state index contributed by atoms with van der Waals surface area (Å²) in [4.78, 5) is 21.5. The fraction of sp³-hybridized carbons (Fsp3) is 0.583. The van der Waals surface area contributed by atoms with Crippen LogP contribution in [0, 0.1) is 11.8 Å². The first-order valence-electron chi connectivity index (χ1n) is 11.4. The van der Waals surface area contributed by atoms with Crippen LogP contribution in [-0.4, -0.2) is 72.7 Å². The lowest BCUT2D eigenvalue weighted by Crippen LogP contribution is -2.51. The first-order chi connectivity index (χ1) is 14.7. The Morgan fingerprint density at radius 1 is 1.03 bits per heavy atom. The standard InChI is InChI=1S/C24H32N4O2/c29-24-17-30-20(13-26-23-7-10-25-22-4-2-1-3-21(22)23)16-28(24)15-19-8-11-27(12-9-19)14-18-5-6-18/h1-4,7,10,18-20H,5-6,8-9,11-17H2,(H,25,26)/t20-/m1/s1. The molecule has 160 valence electrons. The van der Waals surface area contributed by atoms with Gasteiger partial charge in [-0.15, -0.1) is 0 Å². The van der Waals surface area contributed by atoms with E-state index in [-0.39, 0.29) is 18.6 Å². The maximum Gasteiger partial charge on any atom is 0.248 e. The number of likely N-dealkylation sites (tertiary alicyclic amines) is 1. The van der Waals surface area contributed by atoms with E-state index in [0.717, 1.165) is 29.1 Å². The number of piperidine rings is 1. The molecule has 3 fully saturated rings. The van der Waals surface area contributed by atoms with E-state index in [2.05, 4.69) is 21.3 Å². The summed E-state index contributed by atoms with van der Waals surface area (Å²) in [7, 11) is 0. The summed E-state index contributed by atoms with van der Waals surface area (Å²) in [6, 6.07) is 10.1. The number of para-hydroxylation sites is 1. The van der Waals surface area contributed by atoms with E-state index in [1.165, 1.54) is 45.3 Å². The van der Waals surface area contributed by atoms with Crippen molar-refractivity contribution in [1.82, 2.24) is 14.8 Å². The maximum atomic E-state index is 12.4. The van der Waals surface area contributed by atoms with Crippen LogP contribution in [0.4, 0.5) is 5.69 Å². The largest absolute Gasteiger partial charge is 0.382 e. The second kappa shape index (κ2) is 8.90. The molecule has 3 heterocycles. The summed E-state index contributed by atoms with van der Waals surface area (Å²) in [5.41, 5.74) is 2.05. The van der Waals surface area contributed by atoms with Crippen LogP contribution in [0.5, 0.6) is 0 Å². The molecule has 6 nitrogen and oxygen atoms in total. The van der Waals surface area contributed by atoms with Crippen molar-refractivity contribution in [2.24, 2.45) is 11.8 Å². The number of morpholine rings is 1. The predicted molar refractivity (Wildman–Crippen MR) is 118 cm³/mol. The smallest absolute Gasteiger partial charge is 0.248 e. The Morgan fingerprint density at radius 2 is 1.83 bits per heavy atom.